The van der Waals surface area contributed by atoms with Crippen molar-refractivity contribution in [3.05, 3.63) is 28.8 Å². The molecule has 0 N–H and O–H groups in total. The zero-order chi connectivity index (χ0) is 12.7. The number of hydrogen-bond acceptors (Lipinski definition) is 2. The zero-order valence-electron chi connectivity index (χ0n) is 11.2. The molecule has 2 aliphatic rings. The lowest BCUT2D eigenvalue weighted by atomic mass is 10.0. The van der Waals surface area contributed by atoms with Crippen molar-refractivity contribution < 1.29 is 0 Å². The van der Waals surface area contributed by atoms with Gasteiger partial charge in [0.1, 0.15) is 0 Å². The molecule has 18 heavy (non-hydrogen) atoms. The molecule has 2 fully saturated rings. The summed E-state index contributed by atoms with van der Waals surface area (Å²) in [6.07, 6.45) is 2.71. The maximum Gasteiger partial charge on any atom is 0.0426 e. The second-order valence-electron chi connectivity index (χ2n) is 5.72. The quantitative estimate of drug-likeness (QED) is 0.768. The van der Waals surface area contributed by atoms with E-state index < -0.39 is 0 Å². The first kappa shape index (κ1) is 12.3. The molecule has 3 rings (SSSR count). The Balaban J connectivity index is 1.88. The smallest absolute Gasteiger partial charge is 0.0426 e. The summed E-state index contributed by atoms with van der Waals surface area (Å²) in [5.41, 5.74) is 2.65. The molecule has 2 aliphatic heterocycles. The zero-order valence-corrected chi connectivity index (χ0v) is 12.0. The Morgan fingerprint density at radius 3 is 2.94 bits per heavy atom. The van der Waals surface area contributed by atoms with Gasteiger partial charge in [0.25, 0.3) is 0 Å². The van der Waals surface area contributed by atoms with E-state index >= 15 is 0 Å². The van der Waals surface area contributed by atoms with Gasteiger partial charge in [-0.25, -0.2) is 0 Å². The number of hydrogen-bond donors (Lipinski definition) is 0. The third-order valence-electron chi connectivity index (χ3n) is 4.42. The third-order valence-corrected chi connectivity index (χ3v) is 4.65. The number of aryl methyl sites for hydroxylation is 1. The number of piperazine rings is 1. The van der Waals surface area contributed by atoms with E-state index in [1.807, 2.05) is 6.07 Å². The molecule has 98 valence electrons. The first-order chi connectivity index (χ1) is 8.65. The summed E-state index contributed by atoms with van der Waals surface area (Å²) in [5, 5.41) is 0.844. The third kappa shape index (κ3) is 2.12. The Bertz CT molecular complexity index is 446. The van der Waals surface area contributed by atoms with Crippen LogP contribution in [-0.4, -0.2) is 36.6 Å². The average molecular weight is 265 g/mol. The molecule has 2 saturated heterocycles. The van der Waals surface area contributed by atoms with Gasteiger partial charge >= 0.3 is 0 Å². The van der Waals surface area contributed by atoms with Gasteiger partial charge in [0.15, 0.2) is 0 Å². The fourth-order valence-corrected chi connectivity index (χ4v) is 3.58. The molecular weight excluding hydrogens is 244 g/mol. The average Bonchev–Trinajstić information content (AvgIpc) is 2.78. The summed E-state index contributed by atoms with van der Waals surface area (Å²) in [6, 6.07) is 7.57. The number of nitrogens with zero attached hydrogens (tertiary/aromatic N) is 2. The Morgan fingerprint density at radius 2 is 2.11 bits per heavy atom. The van der Waals surface area contributed by atoms with Crippen LogP contribution < -0.4 is 4.90 Å². The maximum absolute atomic E-state index is 6.16. The number of anilines is 1. The summed E-state index contributed by atoms with van der Waals surface area (Å²) in [6.45, 7) is 8.14. The summed E-state index contributed by atoms with van der Waals surface area (Å²) in [5.74, 6) is 0. The van der Waals surface area contributed by atoms with Crippen molar-refractivity contribution >= 4 is 17.3 Å². The highest BCUT2D eigenvalue weighted by Crippen LogP contribution is 2.31. The minimum Gasteiger partial charge on any atom is -0.366 e. The Hall–Kier alpha value is -0.730. The lowest BCUT2D eigenvalue weighted by Crippen LogP contribution is -2.55. The van der Waals surface area contributed by atoms with E-state index in [9.17, 15) is 0 Å². The minimum atomic E-state index is 0.580. The van der Waals surface area contributed by atoms with Crippen LogP contribution in [0, 0.1) is 6.92 Å². The molecule has 2 atom stereocenters. The second kappa shape index (κ2) is 4.75. The Morgan fingerprint density at radius 1 is 1.28 bits per heavy atom. The molecule has 0 amide bonds. The highest BCUT2D eigenvalue weighted by atomic mass is 35.5. The molecule has 0 aromatic heterocycles. The summed E-state index contributed by atoms with van der Waals surface area (Å²) >= 11 is 6.16. The van der Waals surface area contributed by atoms with Crippen LogP contribution in [0.3, 0.4) is 0 Å². The van der Waals surface area contributed by atoms with E-state index in [1.54, 1.807) is 0 Å². The molecule has 3 heteroatoms. The standard InChI is InChI=1S/C15H21ClN2/c1-11-5-6-13(16)8-15(11)18-10-14-4-3-7-17(14)9-12(18)2/h5-6,8,12,14H,3-4,7,9-10H2,1-2H3. The van der Waals surface area contributed by atoms with Crippen molar-refractivity contribution in [3.8, 4) is 0 Å². The maximum atomic E-state index is 6.16. The van der Waals surface area contributed by atoms with E-state index in [0.717, 1.165) is 17.6 Å². The van der Waals surface area contributed by atoms with E-state index in [4.69, 9.17) is 11.6 Å². The van der Waals surface area contributed by atoms with Crippen molar-refractivity contribution in [2.24, 2.45) is 0 Å². The van der Waals surface area contributed by atoms with Gasteiger partial charge in [-0.05, 0) is 50.9 Å². The lowest BCUT2D eigenvalue weighted by Gasteiger charge is -2.44. The first-order valence-corrected chi connectivity index (χ1v) is 7.30. The van der Waals surface area contributed by atoms with Gasteiger partial charge in [-0.3, -0.25) is 4.90 Å². The Kier molecular flexibility index (Phi) is 3.25. The molecule has 1 aromatic rings. The largest absolute Gasteiger partial charge is 0.366 e. The van der Waals surface area contributed by atoms with Crippen molar-refractivity contribution in [1.29, 1.82) is 0 Å². The van der Waals surface area contributed by atoms with E-state index in [0.29, 0.717) is 6.04 Å². The minimum absolute atomic E-state index is 0.580. The molecule has 2 heterocycles. The van der Waals surface area contributed by atoms with Crippen molar-refractivity contribution in [2.45, 2.75) is 38.8 Å². The number of halogens is 1. The highest BCUT2D eigenvalue weighted by molar-refractivity contribution is 6.30. The number of rotatable bonds is 1. The fourth-order valence-electron chi connectivity index (χ4n) is 3.41. The first-order valence-electron chi connectivity index (χ1n) is 6.92. The van der Waals surface area contributed by atoms with Crippen molar-refractivity contribution in [1.82, 2.24) is 4.90 Å². The van der Waals surface area contributed by atoms with E-state index in [1.165, 1.54) is 37.2 Å². The number of benzene rings is 1. The van der Waals surface area contributed by atoms with Crippen LogP contribution >= 0.6 is 11.6 Å². The van der Waals surface area contributed by atoms with Crippen molar-refractivity contribution in [3.63, 3.8) is 0 Å². The van der Waals surface area contributed by atoms with Gasteiger partial charge in [-0.15, -0.1) is 0 Å². The molecular formula is C15H21ClN2. The van der Waals surface area contributed by atoms with Crippen LogP contribution in [0.15, 0.2) is 18.2 Å². The molecule has 2 unspecified atom stereocenters. The highest BCUT2D eigenvalue weighted by Gasteiger charge is 2.34. The van der Waals surface area contributed by atoms with Crippen LogP contribution in [0.4, 0.5) is 5.69 Å². The molecule has 0 radical (unpaired) electrons. The summed E-state index contributed by atoms with van der Waals surface area (Å²) in [4.78, 5) is 5.20. The van der Waals surface area contributed by atoms with Gasteiger partial charge in [0, 0.05) is 35.9 Å². The number of fused-ring (bicyclic) bond motifs is 1. The molecule has 0 saturated carbocycles. The Labute approximate surface area is 115 Å². The summed E-state index contributed by atoms with van der Waals surface area (Å²) in [7, 11) is 0. The predicted molar refractivity (Wildman–Crippen MR) is 77.6 cm³/mol. The van der Waals surface area contributed by atoms with Gasteiger partial charge < -0.3 is 4.90 Å². The van der Waals surface area contributed by atoms with Crippen LogP contribution in [0.1, 0.15) is 25.3 Å². The SMILES string of the molecule is Cc1ccc(Cl)cc1N1CC2CCCN2CC1C. The van der Waals surface area contributed by atoms with Gasteiger partial charge in [0.05, 0.1) is 0 Å². The summed E-state index contributed by atoms with van der Waals surface area (Å²) < 4.78 is 0. The molecule has 0 aliphatic carbocycles. The topological polar surface area (TPSA) is 6.48 Å². The van der Waals surface area contributed by atoms with E-state index in [-0.39, 0.29) is 0 Å². The normalized spacial score (nSPS) is 28.5. The molecule has 0 spiro atoms. The van der Waals surface area contributed by atoms with Crippen LogP contribution in [0.2, 0.25) is 5.02 Å². The van der Waals surface area contributed by atoms with Crippen LogP contribution in [0.25, 0.3) is 0 Å². The fraction of sp³-hybridized carbons (Fsp3) is 0.600. The monoisotopic (exact) mass is 264 g/mol. The molecule has 1 aromatic carbocycles. The van der Waals surface area contributed by atoms with Crippen LogP contribution in [-0.2, 0) is 0 Å². The van der Waals surface area contributed by atoms with Gasteiger partial charge in [-0.2, -0.15) is 0 Å². The van der Waals surface area contributed by atoms with E-state index in [2.05, 4.69) is 35.8 Å². The molecule has 2 nitrogen and oxygen atoms in total. The lowest BCUT2D eigenvalue weighted by molar-refractivity contribution is 0.203. The van der Waals surface area contributed by atoms with Gasteiger partial charge in [0.2, 0.25) is 0 Å². The predicted octanol–water partition coefficient (Wildman–Crippen LogP) is 3.32. The van der Waals surface area contributed by atoms with Gasteiger partial charge in [-0.1, -0.05) is 17.7 Å². The van der Waals surface area contributed by atoms with Crippen LogP contribution in [0.5, 0.6) is 0 Å². The molecule has 0 bridgehead atoms. The second-order valence-corrected chi connectivity index (χ2v) is 6.16. The van der Waals surface area contributed by atoms with Crippen molar-refractivity contribution in [2.75, 3.05) is 24.5 Å².